The third-order valence-corrected chi connectivity index (χ3v) is 0.151. The quantitative estimate of drug-likeness (QED) is 0.312. The highest BCUT2D eigenvalue weighted by atomic mass is 16.3. The van der Waals surface area contributed by atoms with Crippen molar-refractivity contribution >= 4 is 6.41 Å². The molecule has 0 heterocycles. The third kappa shape index (κ3) is 3.43. The fraction of sp³-hybridized carbons (Fsp3) is 0.500. The summed E-state index contributed by atoms with van der Waals surface area (Å²) >= 11 is 0. The number of aliphatic hydroxyl groups is 1. The molecular formula is C2H4NO2. The van der Waals surface area contributed by atoms with E-state index < -0.39 is 0 Å². The molecule has 0 aliphatic rings. The van der Waals surface area contributed by atoms with Gasteiger partial charge in [-0.05, 0) is 0 Å². The van der Waals surface area contributed by atoms with Gasteiger partial charge in [-0.25, -0.2) is 0 Å². The summed E-state index contributed by atoms with van der Waals surface area (Å²) in [6, 6.07) is 0. The van der Waals surface area contributed by atoms with Gasteiger partial charge in [0.2, 0.25) is 0 Å². The summed E-state index contributed by atoms with van der Waals surface area (Å²) in [5.41, 5.74) is 0. The zero-order chi connectivity index (χ0) is 4.12. The van der Waals surface area contributed by atoms with E-state index in [9.17, 15) is 0 Å². The lowest BCUT2D eigenvalue weighted by Crippen LogP contribution is -2.10. The molecule has 0 aliphatic heterocycles. The Balaban J connectivity index is 2.40. The lowest BCUT2D eigenvalue weighted by Gasteiger charge is -1.76. The fourth-order valence-corrected chi connectivity index (χ4v) is 0.0323. The molecule has 0 bridgehead atoms. The van der Waals surface area contributed by atoms with Crippen molar-refractivity contribution in [3.05, 3.63) is 0 Å². The molecular weight excluding hydrogens is 70.0 g/mol. The number of rotatable bonds is 2. The molecule has 0 aliphatic carbocycles. The summed E-state index contributed by atoms with van der Waals surface area (Å²) < 4.78 is 0. The zero-order valence-electron chi connectivity index (χ0n) is 2.56. The van der Waals surface area contributed by atoms with Crippen molar-refractivity contribution in [1.82, 2.24) is 5.32 Å². The molecule has 2 N–H and O–H groups in total. The van der Waals surface area contributed by atoms with Gasteiger partial charge in [-0.1, -0.05) is 0 Å². The molecule has 0 aromatic rings. The van der Waals surface area contributed by atoms with Crippen molar-refractivity contribution < 1.29 is 9.90 Å². The highest BCUT2D eigenvalue weighted by Gasteiger charge is 1.62. The van der Waals surface area contributed by atoms with Crippen LogP contribution < -0.4 is 5.32 Å². The van der Waals surface area contributed by atoms with E-state index in [0.717, 1.165) is 0 Å². The van der Waals surface area contributed by atoms with E-state index in [-0.39, 0.29) is 6.73 Å². The van der Waals surface area contributed by atoms with E-state index in [2.05, 4.69) is 0 Å². The molecule has 0 atom stereocenters. The van der Waals surface area contributed by atoms with Gasteiger partial charge in [0.25, 0.3) is 0 Å². The monoisotopic (exact) mass is 74.0 g/mol. The Hall–Kier alpha value is -0.570. The minimum atomic E-state index is -0.330. The van der Waals surface area contributed by atoms with Crippen LogP contribution in [0.4, 0.5) is 0 Å². The van der Waals surface area contributed by atoms with Crippen LogP contribution in [0.5, 0.6) is 0 Å². The Labute approximate surface area is 29.6 Å². The van der Waals surface area contributed by atoms with Crippen molar-refractivity contribution in [3.63, 3.8) is 0 Å². The predicted molar refractivity (Wildman–Crippen MR) is 15.9 cm³/mol. The molecule has 3 nitrogen and oxygen atoms in total. The van der Waals surface area contributed by atoms with Crippen LogP contribution in [0.3, 0.4) is 0 Å². The number of aliphatic hydroxyl groups excluding tert-OH is 1. The third-order valence-electron chi connectivity index (χ3n) is 0.151. The topological polar surface area (TPSA) is 49.3 Å². The number of carbonyl (C=O) groups excluding carboxylic acids is 1. The lowest BCUT2D eigenvalue weighted by atomic mass is 11.2. The Morgan fingerprint density at radius 3 is 2.60 bits per heavy atom. The van der Waals surface area contributed by atoms with Crippen LogP contribution in [-0.4, -0.2) is 18.2 Å². The Bertz CT molecular complexity index is 28.8. The van der Waals surface area contributed by atoms with E-state index in [1.165, 1.54) is 6.41 Å². The molecule has 29 valence electrons. The largest absolute Gasteiger partial charge is 0.376 e. The van der Waals surface area contributed by atoms with Crippen LogP contribution in [0, 0.1) is 0 Å². The minimum Gasteiger partial charge on any atom is -0.376 e. The van der Waals surface area contributed by atoms with Gasteiger partial charge in [-0.2, -0.15) is 0 Å². The van der Waals surface area contributed by atoms with E-state index in [1.54, 1.807) is 0 Å². The molecule has 5 heavy (non-hydrogen) atoms. The summed E-state index contributed by atoms with van der Waals surface area (Å²) in [5, 5.41) is 9.55. The van der Waals surface area contributed by atoms with Crippen LogP contribution in [0.1, 0.15) is 0 Å². The van der Waals surface area contributed by atoms with Crippen LogP contribution in [0.25, 0.3) is 0 Å². The van der Waals surface area contributed by atoms with Gasteiger partial charge >= 0.3 is 6.41 Å². The number of hydrogen-bond acceptors (Lipinski definition) is 2. The molecule has 3 heteroatoms. The van der Waals surface area contributed by atoms with Crippen LogP contribution >= 0.6 is 0 Å². The highest BCUT2D eigenvalue weighted by Crippen LogP contribution is 1.29. The van der Waals surface area contributed by atoms with Crippen LogP contribution in [0.2, 0.25) is 0 Å². The maximum atomic E-state index is 9.01. The minimum absolute atomic E-state index is 0.330. The first-order valence-electron chi connectivity index (χ1n) is 1.12. The second-order valence-corrected chi connectivity index (χ2v) is 0.437. The average Bonchev–Trinajstić information content (AvgIpc) is 1.41. The first kappa shape index (κ1) is 4.43. The molecule has 1 amide bonds. The summed E-state index contributed by atoms with van der Waals surface area (Å²) in [6.07, 6.45) is 1.27. The second-order valence-electron chi connectivity index (χ2n) is 0.437. The van der Waals surface area contributed by atoms with Crippen molar-refractivity contribution in [1.29, 1.82) is 0 Å². The van der Waals surface area contributed by atoms with Crippen molar-refractivity contribution in [2.75, 3.05) is 6.73 Å². The summed E-state index contributed by atoms with van der Waals surface area (Å²) in [4.78, 5) is 9.01. The second kappa shape index (κ2) is 3.43. The number of hydrogen-bond donors (Lipinski definition) is 2. The van der Waals surface area contributed by atoms with Crippen molar-refractivity contribution in [3.8, 4) is 0 Å². The maximum Gasteiger partial charge on any atom is 0.311 e. The Morgan fingerprint density at radius 2 is 2.60 bits per heavy atom. The normalized spacial score (nSPS) is 6.60. The van der Waals surface area contributed by atoms with Gasteiger partial charge in [-0.15, -0.1) is 0 Å². The summed E-state index contributed by atoms with van der Waals surface area (Å²) in [5.74, 6) is 0. The van der Waals surface area contributed by atoms with Gasteiger partial charge in [0.15, 0.2) is 0 Å². The Morgan fingerprint density at radius 1 is 2.00 bits per heavy atom. The van der Waals surface area contributed by atoms with Gasteiger partial charge < -0.3 is 10.4 Å². The zero-order valence-corrected chi connectivity index (χ0v) is 2.56. The maximum absolute atomic E-state index is 9.01. The summed E-state index contributed by atoms with van der Waals surface area (Å²) in [7, 11) is 0. The Kier molecular flexibility index (Phi) is 3.04. The molecule has 0 saturated carbocycles. The van der Waals surface area contributed by atoms with Crippen LogP contribution in [0.15, 0.2) is 0 Å². The van der Waals surface area contributed by atoms with Crippen LogP contribution in [-0.2, 0) is 4.79 Å². The molecule has 0 aromatic heterocycles. The molecule has 1 radical (unpaired) electrons. The molecule has 0 saturated heterocycles. The van der Waals surface area contributed by atoms with Gasteiger partial charge in [0.1, 0.15) is 6.73 Å². The molecule has 0 rings (SSSR count). The summed E-state index contributed by atoms with van der Waals surface area (Å²) in [6.45, 7) is -0.330. The first-order chi connectivity index (χ1) is 2.41. The molecule has 0 unspecified atom stereocenters. The van der Waals surface area contributed by atoms with E-state index >= 15 is 0 Å². The SMILES string of the molecule is O=[C]NCO. The predicted octanol–water partition coefficient (Wildman–Crippen LogP) is -1.41. The molecule has 0 fully saturated rings. The van der Waals surface area contributed by atoms with E-state index in [4.69, 9.17) is 9.90 Å². The standard InChI is InChI=1S/C2H4NO2/c4-1-3-2-5/h4H,1H2,(H,3,5). The molecule has 0 spiro atoms. The highest BCUT2D eigenvalue weighted by molar-refractivity contribution is 5.46. The first-order valence-corrected chi connectivity index (χ1v) is 1.12. The molecule has 0 aromatic carbocycles. The van der Waals surface area contributed by atoms with Crippen molar-refractivity contribution in [2.45, 2.75) is 0 Å². The smallest absolute Gasteiger partial charge is 0.311 e. The van der Waals surface area contributed by atoms with Gasteiger partial charge in [-0.3, -0.25) is 4.79 Å². The van der Waals surface area contributed by atoms with E-state index in [0.29, 0.717) is 0 Å². The van der Waals surface area contributed by atoms with Gasteiger partial charge in [0.05, 0.1) is 0 Å². The number of amides is 1. The van der Waals surface area contributed by atoms with E-state index in [1.807, 2.05) is 5.32 Å². The fourth-order valence-electron chi connectivity index (χ4n) is 0.0323. The lowest BCUT2D eigenvalue weighted by molar-refractivity contribution is 0.283. The average molecular weight is 74.1 g/mol. The van der Waals surface area contributed by atoms with Gasteiger partial charge in [0, 0.05) is 0 Å². The van der Waals surface area contributed by atoms with Crippen molar-refractivity contribution in [2.24, 2.45) is 0 Å². The number of nitrogens with one attached hydrogen (secondary N) is 1.